The lowest BCUT2D eigenvalue weighted by Gasteiger charge is -2.26. The number of H-pyrrole nitrogens is 1. The summed E-state index contributed by atoms with van der Waals surface area (Å²) in [5.74, 6) is 0.568. The molecule has 0 saturated carbocycles. The zero-order valence-electron chi connectivity index (χ0n) is 13.3. The highest BCUT2D eigenvalue weighted by Crippen LogP contribution is 2.36. The Morgan fingerprint density at radius 1 is 1.25 bits per heavy atom. The van der Waals surface area contributed by atoms with Crippen molar-refractivity contribution < 1.29 is 8.42 Å². The molecule has 0 aromatic carbocycles. The predicted octanol–water partition coefficient (Wildman–Crippen LogP) is 0.794. The van der Waals surface area contributed by atoms with Gasteiger partial charge in [-0.2, -0.15) is 4.31 Å². The summed E-state index contributed by atoms with van der Waals surface area (Å²) in [5.41, 5.74) is 1.21. The van der Waals surface area contributed by atoms with Crippen molar-refractivity contribution in [3.63, 3.8) is 0 Å². The van der Waals surface area contributed by atoms with Crippen LogP contribution in [0.1, 0.15) is 29.9 Å². The first-order valence-corrected chi connectivity index (χ1v) is 9.43. The SMILES string of the molecule is Cc1nc2c(c(=O)[nH]1)CC1CCC(C2)N1S(=O)(=O)c1cccnc1. The molecule has 0 radical (unpaired) electrons. The first-order valence-electron chi connectivity index (χ1n) is 7.99. The Morgan fingerprint density at radius 3 is 2.71 bits per heavy atom. The minimum absolute atomic E-state index is 0.149. The van der Waals surface area contributed by atoms with E-state index in [1.807, 2.05) is 0 Å². The molecule has 2 atom stereocenters. The van der Waals surface area contributed by atoms with Crippen molar-refractivity contribution in [3.05, 3.63) is 52.0 Å². The quantitative estimate of drug-likeness (QED) is 0.867. The van der Waals surface area contributed by atoms with Crippen molar-refractivity contribution in [1.29, 1.82) is 0 Å². The Morgan fingerprint density at radius 2 is 2.00 bits per heavy atom. The number of nitrogens with zero attached hydrogens (tertiary/aromatic N) is 3. The largest absolute Gasteiger partial charge is 0.311 e. The van der Waals surface area contributed by atoms with E-state index in [0.29, 0.717) is 24.2 Å². The lowest BCUT2D eigenvalue weighted by atomic mass is 9.98. The molecule has 2 bridgehead atoms. The summed E-state index contributed by atoms with van der Waals surface area (Å²) in [5, 5.41) is 0. The maximum absolute atomic E-state index is 13.1. The number of pyridine rings is 1. The van der Waals surface area contributed by atoms with E-state index in [0.717, 1.165) is 18.5 Å². The zero-order valence-corrected chi connectivity index (χ0v) is 14.1. The molecule has 2 aliphatic rings. The van der Waals surface area contributed by atoms with Gasteiger partial charge in [-0.1, -0.05) is 0 Å². The van der Waals surface area contributed by atoms with Gasteiger partial charge in [-0.3, -0.25) is 9.78 Å². The number of fused-ring (bicyclic) bond motifs is 3. The van der Waals surface area contributed by atoms with Gasteiger partial charge in [0.05, 0.1) is 5.69 Å². The average molecular weight is 346 g/mol. The fourth-order valence-corrected chi connectivity index (χ4v) is 5.68. The van der Waals surface area contributed by atoms with Gasteiger partial charge in [0.25, 0.3) is 5.56 Å². The fraction of sp³-hybridized carbons (Fsp3) is 0.438. The Labute approximate surface area is 139 Å². The molecular weight excluding hydrogens is 328 g/mol. The van der Waals surface area contributed by atoms with E-state index in [2.05, 4.69) is 15.0 Å². The molecule has 4 heterocycles. The van der Waals surface area contributed by atoms with E-state index in [-0.39, 0.29) is 22.5 Å². The fourth-order valence-electron chi connectivity index (χ4n) is 3.84. The Bertz CT molecular complexity index is 940. The number of hydrogen-bond donors (Lipinski definition) is 1. The van der Waals surface area contributed by atoms with Crippen molar-refractivity contribution in [3.8, 4) is 0 Å². The van der Waals surface area contributed by atoms with Crippen LogP contribution in [0.2, 0.25) is 0 Å². The number of aryl methyl sites for hydroxylation is 1. The molecule has 7 nitrogen and oxygen atoms in total. The molecule has 0 aliphatic carbocycles. The summed E-state index contributed by atoms with van der Waals surface area (Å²) in [7, 11) is -3.63. The van der Waals surface area contributed by atoms with Crippen LogP contribution in [0.15, 0.2) is 34.2 Å². The van der Waals surface area contributed by atoms with Gasteiger partial charge < -0.3 is 4.98 Å². The van der Waals surface area contributed by atoms with Gasteiger partial charge in [0, 0.05) is 36.5 Å². The van der Waals surface area contributed by atoms with Gasteiger partial charge in [0.1, 0.15) is 10.7 Å². The minimum atomic E-state index is -3.63. The van der Waals surface area contributed by atoms with E-state index in [1.54, 1.807) is 29.6 Å². The molecule has 0 spiro atoms. The minimum Gasteiger partial charge on any atom is -0.311 e. The van der Waals surface area contributed by atoms with E-state index in [4.69, 9.17) is 0 Å². The number of hydrogen-bond acceptors (Lipinski definition) is 5. The van der Waals surface area contributed by atoms with Gasteiger partial charge in [0.2, 0.25) is 10.0 Å². The van der Waals surface area contributed by atoms with Crippen LogP contribution in [0.5, 0.6) is 0 Å². The van der Waals surface area contributed by atoms with E-state index in [1.165, 1.54) is 6.20 Å². The maximum atomic E-state index is 13.1. The molecule has 2 aromatic heterocycles. The highest BCUT2D eigenvalue weighted by molar-refractivity contribution is 7.89. The smallest absolute Gasteiger partial charge is 0.254 e. The Kier molecular flexibility index (Phi) is 3.54. The van der Waals surface area contributed by atoms with E-state index in [9.17, 15) is 13.2 Å². The molecule has 4 rings (SSSR count). The lowest BCUT2D eigenvalue weighted by Crippen LogP contribution is -2.41. The molecular formula is C16H18N4O3S. The van der Waals surface area contributed by atoms with Crippen molar-refractivity contribution >= 4 is 10.0 Å². The van der Waals surface area contributed by atoms with Crippen LogP contribution in [-0.2, 0) is 22.9 Å². The average Bonchev–Trinajstić information content (AvgIpc) is 2.85. The van der Waals surface area contributed by atoms with Crippen molar-refractivity contribution in [2.45, 2.75) is 49.6 Å². The summed E-state index contributed by atoms with van der Waals surface area (Å²) in [6.07, 6.45) is 5.37. The number of nitrogens with one attached hydrogen (secondary N) is 1. The molecule has 1 N–H and O–H groups in total. The Hall–Kier alpha value is -2.06. The van der Waals surface area contributed by atoms with E-state index >= 15 is 0 Å². The van der Waals surface area contributed by atoms with Gasteiger partial charge in [-0.05, 0) is 38.3 Å². The van der Waals surface area contributed by atoms with Gasteiger partial charge in [-0.25, -0.2) is 13.4 Å². The van der Waals surface area contributed by atoms with Crippen LogP contribution >= 0.6 is 0 Å². The van der Waals surface area contributed by atoms with Crippen LogP contribution < -0.4 is 5.56 Å². The third-order valence-corrected chi connectivity index (χ3v) is 6.84. The van der Waals surface area contributed by atoms with Crippen LogP contribution in [0, 0.1) is 6.92 Å². The van der Waals surface area contributed by atoms with Crippen LogP contribution in [-0.4, -0.2) is 39.8 Å². The third-order valence-electron chi connectivity index (χ3n) is 4.85. The van der Waals surface area contributed by atoms with Gasteiger partial charge in [-0.15, -0.1) is 0 Å². The molecule has 8 heteroatoms. The molecule has 0 amide bonds. The zero-order chi connectivity index (χ0) is 16.9. The summed E-state index contributed by atoms with van der Waals surface area (Å²) in [4.78, 5) is 23.6. The van der Waals surface area contributed by atoms with Crippen LogP contribution in [0.3, 0.4) is 0 Å². The molecule has 126 valence electrons. The van der Waals surface area contributed by atoms with Gasteiger partial charge >= 0.3 is 0 Å². The summed E-state index contributed by atoms with van der Waals surface area (Å²) < 4.78 is 27.8. The van der Waals surface area contributed by atoms with Crippen molar-refractivity contribution in [2.75, 3.05) is 0 Å². The summed E-state index contributed by atoms with van der Waals surface area (Å²) in [6, 6.07) is 2.83. The highest BCUT2D eigenvalue weighted by Gasteiger charge is 2.45. The normalized spacial score (nSPS) is 23.7. The van der Waals surface area contributed by atoms with Crippen LogP contribution in [0.25, 0.3) is 0 Å². The lowest BCUT2D eigenvalue weighted by molar-refractivity contribution is 0.327. The second kappa shape index (κ2) is 5.49. The van der Waals surface area contributed by atoms with Gasteiger partial charge in [0.15, 0.2) is 0 Å². The number of aromatic nitrogens is 3. The third kappa shape index (κ3) is 2.37. The second-order valence-corrected chi connectivity index (χ2v) is 8.24. The number of aromatic amines is 1. The predicted molar refractivity (Wildman–Crippen MR) is 87.1 cm³/mol. The molecule has 2 aromatic rings. The molecule has 2 aliphatic heterocycles. The standard InChI is InChI=1S/C16H18N4O3S/c1-10-18-15-8-12-5-4-11(7-14(15)16(21)19-10)20(12)24(22,23)13-3-2-6-17-9-13/h2-3,6,9,11-12H,4-5,7-8H2,1H3,(H,18,19,21). The number of sulfonamides is 1. The summed E-state index contributed by atoms with van der Waals surface area (Å²) >= 11 is 0. The first-order chi connectivity index (χ1) is 11.5. The van der Waals surface area contributed by atoms with Crippen molar-refractivity contribution in [2.24, 2.45) is 0 Å². The van der Waals surface area contributed by atoms with Crippen LogP contribution in [0.4, 0.5) is 0 Å². The second-order valence-electron chi connectivity index (χ2n) is 6.39. The number of rotatable bonds is 2. The maximum Gasteiger partial charge on any atom is 0.254 e. The van der Waals surface area contributed by atoms with Crippen molar-refractivity contribution in [1.82, 2.24) is 19.3 Å². The Balaban J connectivity index is 1.79. The molecule has 2 unspecified atom stereocenters. The molecule has 1 saturated heterocycles. The monoisotopic (exact) mass is 346 g/mol. The molecule has 24 heavy (non-hydrogen) atoms. The molecule has 1 fully saturated rings. The first kappa shape index (κ1) is 15.5. The highest BCUT2D eigenvalue weighted by atomic mass is 32.2. The van der Waals surface area contributed by atoms with E-state index < -0.39 is 10.0 Å². The summed E-state index contributed by atoms with van der Waals surface area (Å²) in [6.45, 7) is 1.75. The topological polar surface area (TPSA) is 96.0 Å².